The van der Waals surface area contributed by atoms with Crippen LogP contribution in [0.3, 0.4) is 0 Å². The van der Waals surface area contributed by atoms with Crippen molar-refractivity contribution in [2.24, 2.45) is 0 Å². The summed E-state index contributed by atoms with van der Waals surface area (Å²) in [6.45, 7) is 12.0. The number of amides is 4. The Morgan fingerprint density at radius 2 is 1.54 bits per heavy atom. The molecular weight excluding hydrogens is 582 g/mol. The summed E-state index contributed by atoms with van der Waals surface area (Å²) in [4.78, 5) is 49.7. The number of carbonyl (C=O) groups excluding carboxylic acids is 3. The van der Waals surface area contributed by atoms with Crippen molar-refractivity contribution in [2.75, 3.05) is 63.5 Å². The van der Waals surface area contributed by atoms with E-state index in [4.69, 9.17) is 4.74 Å². The average molecular weight is 630 g/mol. The van der Waals surface area contributed by atoms with E-state index in [-0.39, 0.29) is 11.7 Å². The van der Waals surface area contributed by atoms with E-state index in [0.29, 0.717) is 31.0 Å². The zero-order valence-electron chi connectivity index (χ0n) is 27.4. The van der Waals surface area contributed by atoms with Crippen molar-refractivity contribution in [2.45, 2.75) is 45.8 Å². The molecule has 46 heavy (non-hydrogen) atoms. The molecule has 0 atom stereocenters. The van der Waals surface area contributed by atoms with Gasteiger partial charge in [0.1, 0.15) is 11.3 Å². The van der Waals surface area contributed by atoms with Crippen LogP contribution in [0, 0.1) is 0 Å². The number of piperazine rings is 1. The molecule has 11 heteroatoms. The molecule has 4 amide bonds. The van der Waals surface area contributed by atoms with Gasteiger partial charge in [0.25, 0.3) is 5.91 Å². The lowest BCUT2D eigenvalue weighted by Crippen LogP contribution is -2.46. The van der Waals surface area contributed by atoms with Crippen molar-refractivity contribution < 1.29 is 19.1 Å². The number of para-hydroxylation sites is 2. The summed E-state index contributed by atoms with van der Waals surface area (Å²) in [5, 5.41) is 8.58. The number of nitrogens with zero attached hydrogens (tertiary/aromatic N) is 4. The maximum Gasteiger partial charge on any atom is 0.412 e. The van der Waals surface area contributed by atoms with Gasteiger partial charge in [0.2, 0.25) is 0 Å². The third-order valence-corrected chi connectivity index (χ3v) is 7.56. The fraction of sp³-hybridized carbons (Fsp3) is 0.429. The third kappa shape index (κ3) is 11.5. The van der Waals surface area contributed by atoms with Gasteiger partial charge in [-0.2, -0.15) is 0 Å². The predicted molar refractivity (Wildman–Crippen MR) is 181 cm³/mol. The van der Waals surface area contributed by atoms with Crippen molar-refractivity contribution in [3.63, 3.8) is 0 Å². The molecule has 246 valence electrons. The van der Waals surface area contributed by atoms with Gasteiger partial charge in [0, 0.05) is 52.0 Å². The van der Waals surface area contributed by atoms with Crippen molar-refractivity contribution in [3.8, 4) is 0 Å². The highest BCUT2D eigenvalue weighted by Gasteiger charge is 2.19. The van der Waals surface area contributed by atoms with Crippen LogP contribution in [0.25, 0.3) is 0 Å². The van der Waals surface area contributed by atoms with E-state index in [1.54, 1.807) is 57.3 Å². The molecule has 1 aromatic heterocycles. The lowest BCUT2D eigenvalue weighted by Gasteiger charge is -2.33. The lowest BCUT2D eigenvalue weighted by molar-refractivity contribution is 0.0635. The maximum absolute atomic E-state index is 13.3. The second-order valence-electron chi connectivity index (χ2n) is 12.6. The fourth-order valence-electron chi connectivity index (χ4n) is 5.05. The van der Waals surface area contributed by atoms with Crippen LogP contribution in [-0.4, -0.2) is 96.2 Å². The number of hydrogen-bond donors (Lipinski definition) is 3. The van der Waals surface area contributed by atoms with Gasteiger partial charge in [-0.15, -0.1) is 0 Å². The van der Waals surface area contributed by atoms with Gasteiger partial charge in [0.05, 0.1) is 11.4 Å². The van der Waals surface area contributed by atoms with Gasteiger partial charge in [-0.1, -0.05) is 48.5 Å². The summed E-state index contributed by atoms with van der Waals surface area (Å²) in [6, 6.07) is 20.3. The summed E-state index contributed by atoms with van der Waals surface area (Å²) in [7, 11) is 2.14. The summed E-state index contributed by atoms with van der Waals surface area (Å²) >= 11 is 0. The van der Waals surface area contributed by atoms with Crippen LogP contribution in [0.4, 0.5) is 21.0 Å². The van der Waals surface area contributed by atoms with Crippen LogP contribution in [0.2, 0.25) is 0 Å². The first-order valence-corrected chi connectivity index (χ1v) is 15.9. The van der Waals surface area contributed by atoms with E-state index in [1.807, 2.05) is 29.2 Å². The van der Waals surface area contributed by atoms with Gasteiger partial charge in [-0.25, -0.2) is 9.59 Å². The molecule has 3 aromatic rings. The number of hydrogen-bond acceptors (Lipinski definition) is 7. The summed E-state index contributed by atoms with van der Waals surface area (Å²) in [5.41, 5.74) is 2.38. The van der Waals surface area contributed by atoms with Crippen LogP contribution in [-0.2, 0) is 17.7 Å². The number of benzene rings is 2. The summed E-state index contributed by atoms with van der Waals surface area (Å²) in [6.07, 6.45) is 2.63. The number of aromatic nitrogens is 1. The van der Waals surface area contributed by atoms with Crippen LogP contribution < -0.4 is 16.0 Å². The Labute approximate surface area is 272 Å². The number of likely N-dealkylation sites (N-methyl/N-ethyl adjacent to an activating group) is 1. The highest BCUT2D eigenvalue weighted by Crippen LogP contribution is 2.23. The number of ether oxygens (including phenoxy) is 1. The van der Waals surface area contributed by atoms with Gasteiger partial charge >= 0.3 is 12.1 Å². The monoisotopic (exact) mass is 629 g/mol. The number of nitrogens with one attached hydrogen (secondary N) is 3. The zero-order chi connectivity index (χ0) is 32.9. The maximum atomic E-state index is 13.3. The normalized spacial score (nSPS) is 13.9. The predicted octanol–water partition coefficient (Wildman–Crippen LogP) is 5.07. The molecule has 11 nitrogen and oxygen atoms in total. The minimum absolute atomic E-state index is 0.120. The highest BCUT2D eigenvalue weighted by atomic mass is 16.6. The standard InChI is InChI=1S/C35H47N7O4/c1-35(2,3)46-34(45)39-30-14-9-8-13-29(30)38-32(43)31-16-15-28(25-37-31)26-42(20-10-19-41-23-21-40(4)22-24-41)33(44)36-18-17-27-11-6-5-7-12-27/h5-9,11-16,25H,10,17-24,26H2,1-4H3,(H,36,44)(H,38,43)(H,39,45). The molecule has 1 saturated heterocycles. The Hall–Kier alpha value is -4.48. The SMILES string of the molecule is CN1CCN(CCCN(Cc2ccc(C(=O)Nc3ccccc3NC(=O)OC(C)(C)C)nc2)C(=O)NCCc2ccccc2)CC1. The largest absolute Gasteiger partial charge is 0.444 e. The highest BCUT2D eigenvalue weighted by molar-refractivity contribution is 6.05. The molecule has 0 radical (unpaired) electrons. The minimum Gasteiger partial charge on any atom is -0.444 e. The Morgan fingerprint density at radius 1 is 0.870 bits per heavy atom. The second kappa shape index (κ2) is 16.7. The summed E-state index contributed by atoms with van der Waals surface area (Å²) < 4.78 is 5.34. The minimum atomic E-state index is -0.656. The number of rotatable bonds is 12. The van der Waals surface area contributed by atoms with Crippen molar-refractivity contribution >= 4 is 29.4 Å². The number of pyridine rings is 1. The Morgan fingerprint density at radius 3 is 2.20 bits per heavy atom. The van der Waals surface area contributed by atoms with Crippen LogP contribution in [0.1, 0.15) is 48.8 Å². The zero-order valence-corrected chi connectivity index (χ0v) is 27.4. The lowest BCUT2D eigenvalue weighted by atomic mass is 10.1. The molecule has 0 unspecified atom stereocenters. The molecule has 0 bridgehead atoms. The first-order chi connectivity index (χ1) is 22.1. The molecule has 1 aliphatic rings. The molecule has 0 aliphatic carbocycles. The number of anilines is 2. The number of carbonyl (C=O) groups is 3. The quantitative estimate of drug-likeness (QED) is 0.256. The fourth-order valence-corrected chi connectivity index (χ4v) is 5.05. The Balaban J connectivity index is 1.36. The van der Waals surface area contributed by atoms with Crippen molar-refractivity contribution in [1.29, 1.82) is 0 Å². The molecule has 0 spiro atoms. The Bertz CT molecular complexity index is 1420. The van der Waals surface area contributed by atoms with Crippen molar-refractivity contribution in [3.05, 3.63) is 89.7 Å². The topological polar surface area (TPSA) is 119 Å². The van der Waals surface area contributed by atoms with E-state index >= 15 is 0 Å². The van der Waals surface area contributed by atoms with Crippen LogP contribution in [0.5, 0.6) is 0 Å². The van der Waals surface area contributed by atoms with E-state index in [9.17, 15) is 14.4 Å². The third-order valence-electron chi connectivity index (χ3n) is 7.56. The van der Waals surface area contributed by atoms with Crippen LogP contribution >= 0.6 is 0 Å². The van der Waals surface area contributed by atoms with E-state index in [2.05, 4.69) is 49.9 Å². The molecular formula is C35H47N7O4. The molecule has 3 N–H and O–H groups in total. The molecule has 1 fully saturated rings. The molecule has 2 aromatic carbocycles. The van der Waals surface area contributed by atoms with E-state index in [1.165, 1.54) is 5.56 Å². The molecule has 1 aliphatic heterocycles. The molecule has 0 saturated carbocycles. The Kier molecular flexibility index (Phi) is 12.5. The van der Waals surface area contributed by atoms with E-state index < -0.39 is 17.6 Å². The van der Waals surface area contributed by atoms with Crippen LogP contribution in [0.15, 0.2) is 72.9 Å². The first-order valence-electron chi connectivity index (χ1n) is 15.9. The number of urea groups is 1. The smallest absolute Gasteiger partial charge is 0.412 e. The van der Waals surface area contributed by atoms with Gasteiger partial charge in [-0.3, -0.25) is 15.1 Å². The summed E-state index contributed by atoms with van der Waals surface area (Å²) in [5.74, 6) is -0.423. The van der Waals surface area contributed by atoms with Gasteiger partial charge < -0.3 is 30.1 Å². The van der Waals surface area contributed by atoms with Gasteiger partial charge in [0.15, 0.2) is 0 Å². The van der Waals surface area contributed by atoms with Crippen molar-refractivity contribution in [1.82, 2.24) is 25.0 Å². The molecule has 4 rings (SSSR count). The average Bonchev–Trinajstić information content (AvgIpc) is 3.02. The molecule has 2 heterocycles. The van der Waals surface area contributed by atoms with E-state index in [0.717, 1.165) is 51.1 Å². The second-order valence-corrected chi connectivity index (χ2v) is 12.6. The first kappa shape index (κ1) is 34.4. The van der Waals surface area contributed by atoms with Gasteiger partial charge in [-0.05, 0) is 76.5 Å².